The molecule has 6 aromatic rings. The van der Waals surface area contributed by atoms with E-state index in [-0.39, 0.29) is 37.6 Å². The van der Waals surface area contributed by atoms with Gasteiger partial charge in [-0.3, -0.25) is 4.98 Å². The number of rotatable bonds is 2. The minimum Gasteiger partial charge on any atom is -0.504 e. The Labute approximate surface area is 285 Å². The summed E-state index contributed by atoms with van der Waals surface area (Å²) in [6, 6.07) is 38.4. The van der Waals surface area contributed by atoms with E-state index in [1.165, 1.54) is 11.1 Å². The van der Waals surface area contributed by atoms with Crippen LogP contribution in [0.5, 0.6) is 5.75 Å². The summed E-state index contributed by atoms with van der Waals surface area (Å²) in [5.74, 6) is 7.19. The van der Waals surface area contributed by atoms with E-state index in [9.17, 15) is 5.11 Å². The van der Waals surface area contributed by atoms with Crippen molar-refractivity contribution in [2.45, 2.75) is 45.4 Å². The molecule has 0 fully saturated rings. The first kappa shape index (κ1) is 31.3. The van der Waals surface area contributed by atoms with E-state index in [1.807, 2.05) is 60.8 Å². The summed E-state index contributed by atoms with van der Waals surface area (Å²) in [5, 5.41) is 12.1. The molecule has 1 aliphatic heterocycles. The molecule has 0 bridgehead atoms. The Hall–Kier alpha value is -4.71. The maximum atomic E-state index is 11.3. The van der Waals surface area contributed by atoms with E-state index >= 15 is 0 Å². The van der Waals surface area contributed by atoms with E-state index in [2.05, 4.69) is 106 Å². The Morgan fingerprint density at radius 2 is 1.54 bits per heavy atom. The first-order chi connectivity index (χ1) is 21.6. The number of phenols is 1. The molecule has 1 N–H and O–H groups in total. The molecule has 3 heterocycles. The number of anilines is 3. The number of phenolic OH excluding ortho intramolecular Hbond substituents is 1. The van der Waals surface area contributed by atoms with E-state index in [0.717, 1.165) is 45.0 Å². The van der Waals surface area contributed by atoms with Gasteiger partial charge in [0.05, 0.1) is 5.56 Å². The van der Waals surface area contributed by atoms with Crippen LogP contribution in [0.1, 0.15) is 62.4 Å². The van der Waals surface area contributed by atoms with Gasteiger partial charge in [0.2, 0.25) is 0 Å². The van der Waals surface area contributed by atoms with Gasteiger partial charge >= 0.3 is 0 Å². The molecule has 0 spiro atoms. The molecule has 0 atom stereocenters. The van der Waals surface area contributed by atoms with Gasteiger partial charge in [-0.05, 0) is 69.7 Å². The van der Waals surface area contributed by atoms with Crippen molar-refractivity contribution in [3.05, 3.63) is 143 Å². The minimum absolute atomic E-state index is 0. The zero-order valence-electron chi connectivity index (χ0n) is 26.5. The Bertz CT molecular complexity index is 2150. The summed E-state index contributed by atoms with van der Waals surface area (Å²) in [4.78, 5) is 12.0. The van der Waals surface area contributed by atoms with Crippen LogP contribution >= 0.6 is 0 Å². The van der Waals surface area contributed by atoms with Crippen LogP contribution < -0.4 is 4.90 Å². The van der Waals surface area contributed by atoms with Gasteiger partial charge in [0.15, 0.2) is 5.75 Å². The number of para-hydroxylation sites is 1. The van der Waals surface area contributed by atoms with Gasteiger partial charge in [0, 0.05) is 43.9 Å². The van der Waals surface area contributed by atoms with Crippen LogP contribution in [0.25, 0.3) is 22.2 Å². The molecule has 230 valence electrons. The van der Waals surface area contributed by atoms with Crippen LogP contribution in [-0.4, -0.2) is 15.1 Å². The third kappa shape index (κ3) is 5.50. The van der Waals surface area contributed by atoms with Crippen LogP contribution in [0.15, 0.2) is 109 Å². The van der Waals surface area contributed by atoms with Gasteiger partial charge < -0.3 is 10.0 Å². The van der Waals surface area contributed by atoms with E-state index in [4.69, 9.17) is 9.97 Å². The molecule has 4 aromatic carbocycles. The quantitative estimate of drug-likeness (QED) is 0.141. The Morgan fingerprint density at radius 1 is 0.804 bits per heavy atom. The summed E-state index contributed by atoms with van der Waals surface area (Å²) >= 11 is 0. The molecular formula is C41H34N3OPt-. The number of fused-ring (bicyclic) bond motifs is 3. The van der Waals surface area contributed by atoms with Crippen molar-refractivity contribution in [2.24, 2.45) is 0 Å². The van der Waals surface area contributed by atoms with Crippen LogP contribution in [-0.2, 0) is 31.9 Å². The SMILES string of the molecule is CC(C)(C)c1ccnc(N2c3[c-]c(-c4ccc5ccc(C#Cc6ccccc6)c(O)c5n4)ccc3C(C)(C)c3ccccc32)c1.[Pt]. The molecule has 0 saturated heterocycles. The van der Waals surface area contributed by atoms with E-state index in [0.29, 0.717) is 11.1 Å². The normalized spacial score (nSPS) is 13.2. The van der Waals surface area contributed by atoms with E-state index < -0.39 is 0 Å². The number of aromatic hydroxyl groups is 1. The smallest absolute Gasteiger partial charge is 0.156 e. The van der Waals surface area contributed by atoms with Crippen LogP contribution in [0, 0.1) is 17.9 Å². The molecule has 4 nitrogen and oxygen atoms in total. The molecular weight excluding hydrogens is 746 g/mol. The van der Waals surface area contributed by atoms with Gasteiger partial charge in [-0.15, -0.1) is 23.8 Å². The molecule has 1 aliphatic rings. The topological polar surface area (TPSA) is 49.2 Å². The molecule has 0 radical (unpaired) electrons. The summed E-state index contributed by atoms with van der Waals surface area (Å²) in [6.07, 6.45) is 1.90. The number of hydrogen-bond donors (Lipinski definition) is 1. The van der Waals surface area contributed by atoms with Crippen LogP contribution in [0.4, 0.5) is 17.2 Å². The second-order valence-electron chi connectivity index (χ2n) is 13.1. The molecule has 0 amide bonds. The zero-order valence-corrected chi connectivity index (χ0v) is 28.8. The first-order valence-electron chi connectivity index (χ1n) is 15.2. The van der Waals surface area contributed by atoms with Gasteiger partial charge in [-0.1, -0.05) is 107 Å². The summed E-state index contributed by atoms with van der Waals surface area (Å²) in [5.41, 5.74) is 8.88. The fourth-order valence-electron chi connectivity index (χ4n) is 6.11. The number of nitrogens with zero attached hydrogens (tertiary/aromatic N) is 3. The van der Waals surface area contributed by atoms with Crippen LogP contribution in [0.3, 0.4) is 0 Å². The van der Waals surface area contributed by atoms with Crippen molar-refractivity contribution >= 4 is 28.1 Å². The summed E-state index contributed by atoms with van der Waals surface area (Å²) < 4.78 is 0. The number of aromatic nitrogens is 2. The second-order valence-corrected chi connectivity index (χ2v) is 13.1. The fourth-order valence-corrected chi connectivity index (χ4v) is 6.11. The maximum absolute atomic E-state index is 11.3. The average Bonchev–Trinajstić information content (AvgIpc) is 3.04. The van der Waals surface area contributed by atoms with E-state index in [1.54, 1.807) is 0 Å². The molecule has 0 aliphatic carbocycles. The summed E-state index contributed by atoms with van der Waals surface area (Å²) in [6.45, 7) is 11.2. The number of pyridine rings is 2. The predicted molar refractivity (Wildman–Crippen MR) is 183 cm³/mol. The molecule has 0 saturated carbocycles. The van der Waals surface area contributed by atoms with Crippen molar-refractivity contribution in [3.8, 4) is 28.8 Å². The van der Waals surface area contributed by atoms with Crippen molar-refractivity contribution in [1.29, 1.82) is 0 Å². The van der Waals surface area contributed by atoms with Crippen molar-refractivity contribution in [2.75, 3.05) is 4.90 Å². The fraction of sp³-hybridized carbons (Fsp3) is 0.171. The second kappa shape index (κ2) is 11.9. The Morgan fingerprint density at radius 3 is 2.33 bits per heavy atom. The van der Waals surface area contributed by atoms with Gasteiger partial charge in [0.25, 0.3) is 0 Å². The third-order valence-corrected chi connectivity index (χ3v) is 8.71. The molecule has 2 aromatic heterocycles. The molecule has 7 rings (SSSR count). The number of benzene rings is 4. The van der Waals surface area contributed by atoms with Crippen molar-refractivity contribution in [3.63, 3.8) is 0 Å². The van der Waals surface area contributed by atoms with Crippen molar-refractivity contribution < 1.29 is 26.2 Å². The third-order valence-electron chi connectivity index (χ3n) is 8.71. The molecule has 0 unspecified atom stereocenters. The Kier molecular flexibility index (Phi) is 8.09. The zero-order chi connectivity index (χ0) is 31.3. The van der Waals surface area contributed by atoms with Crippen LogP contribution in [0.2, 0.25) is 0 Å². The maximum Gasteiger partial charge on any atom is 0.156 e. The van der Waals surface area contributed by atoms with Gasteiger partial charge in [-0.25, -0.2) is 4.98 Å². The van der Waals surface area contributed by atoms with Gasteiger partial charge in [0.1, 0.15) is 11.3 Å². The standard InChI is InChI=1S/C41H34N3O.Pt/c1-40(2,3)31-23-24-42-37(26-31)44-35-14-10-9-13-32(35)41(4,5)33-21-19-30(25-36(33)44)34-22-20-28-17-18-29(39(45)38(28)43-34)16-15-27-11-7-6-8-12-27;/h6-14,17-24,26,45H,1-5H3;/q-1;. The monoisotopic (exact) mass is 779 g/mol. The summed E-state index contributed by atoms with van der Waals surface area (Å²) in [7, 11) is 0. The minimum atomic E-state index is -0.250. The average molecular weight is 780 g/mol. The first-order valence-corrected chi connectivity index (χ1v) is 15.2. The number of hydrogen-bond acceptors (Lipinski definition) is 4. The Balaban J connectivity index is 0.00000372. The molecule has 46 heavy (non-hydrogen) atoms. The largest absolute Gasteiger partial charge is 0.504 e. The van der Waals surface area contributed by atoms with Crippen molar-refractivity contribution in [1.82, 2.24) is 9.97 Å². The predicted octanol–water partition coefficient (Wildman–Crippen LogP) is 9.61. The van der Waals surface area contributed by atoms with Gasteiger partial charge in [-0.2, -0.15) is 0 Å². The molecule has 5 heteroatoms.